The minimum Gasteiger partial charge on any atom is -0.258 e. The van der Waals surface area contributed by atoms with Gasteiger partial charge in [-0.1, -0.05) is 17.7 Å². The van der Waals surface area contributed by atoms with E-state index in [4.69, 9.17) is 23.2 Å². The zero-order valence-corrected chi connectivity index (χ0v) is 10.7. The normalized spacial score (nSPS) is 10.5. The quantitative estimate of drug-likeness (QED) is 0.485. The fraction of sp³-hybridized carbons (Fsp3) is 0.100. The number of hydrogen-bond donors (Lipinski definition) is 0. The summed E-state index contributed by atoms with van der Waals surface area (Å²) >= 11 is 12.8. The molecular formula is C10H6Cl2N2O2S. The minimum absolute atomic E-state index is 0.117. The van der Waals surface area contributed by atoms with E-state index in [-0.39, 0.29) is 10.7 Å². The van der Waals surface area contributed by atoms with E-state index in [1.54, 1.807) is 6.07 Å². The Morgan fingerprint density at radius 1 is 1.47 bits per heavy atom. The van der Waals surface area contributed by atoms with E-state index < -0.39 is 4.92 Å². The van der Waals surface area contributed by atoms with Gasteiger partial charge in [0.15, 0.2) is 0 Å². The second-order valence-corrected chi connectivity index (χ2v) is 4.80. The Kier molecular flexibility index (Phi) is 3.61. The molecule has 7 heteroatoms. The van der Waals surface area contributed by atoms with Crippen LogP contribution < -0.4 is 0 Å². The van der Waals surface area contributed by atoms with Crippen LogP contribution in [0.4, 0.5) is 5.69 Å². The van der Waals surface area contributed by atoms with Crippen molar-refractivity contribution in [3.8, 4) is 11.3 Å². The number of benzene rings is 1. The fourth-order valence-corrected chi connectivity index (χ4v) is 2.40. The molecule has 4 nitrogen and oxygen atoms in total. The molecule has 1 heterocycles. The van der Waals surface area contributed by atoms with Crippen LogP contribution in [0.1, 0.15) is 5.01 Å². The Labute approximate surface area is 111 Å². The molecule has 0 saturated heterocycles. The van der Waals surface area contributed by atoms with Crippen molar-refractivity contribution in [3.05, 3.63) is 43.7 Å². The number of alkyl halides is 1. The van der Waals surface area contributed by atoms with Gasteiger partial charge in [0.1, 0.15) is 10.0 Å². The van der Waals surface area contributed by atoms with Crippen molar-refractivity contribution >= 4 is 40.2 Å². The molecule has 0 bridgehead atoms. The van der Waals surface area contributed by atoms with Crippen LogP contribution in [0.5, 0.6) is 0 Å². The van der Waals surface area contributed by atoms with Gasteiger partial charge < -0.3 is 0 Å². The lowest BCUT2D eigenvalue weighted by Gasteiger charge is -1.98. The largest absolute Gasteiger partial charge is 0.288 e. The van der Waals surface area contributed by atoms with E-state index in [0.29, 0.717) is 17.1 Å². The predicted octanol–water partition coefficient (Wildman–Crippen LogP) is 4.11. The number of halogens is 2. The number of hydrogen-bond acceptors (Lipinski definition) is 4. The van der Waals surface area contributed by atoms with Crippen molar-refractivity contribution in [3.63, 3.8) is 0 Å². The maximum atomic E-state index is 10.7. The van der Waals surface area contributed by atoms with Crippen LogP contribution in [0, 0.1) is 10.1 Å². The lowest BCUT2D eigenvalue weighted by atomic mass is 10.1. The van der Waals surface area contributed by atoms with Crippen LogP contribution in [-0.4, -0.2) is 9.91 Å². The molecule has 17 heavy (non-hydrogen) atoms. The van der Waals surface area contributed by atoms with Gasteiger partial charge in [-0.25, -0.2) is 4.98 Å². The molecule has 88 valence electrons. The highest BCUT2D eigenvalue weighted by atomic mass is 35.5. The minimum atomic E-state index is -0.513. The number of aromatic nitrogens is 1. The van der Waals surface area contributed by atoms with Gasteiger partial charge in [-0.2, -0.15) is 0 Å². The Morgan fingerprint density at radius 2 is 2.24 bits per heavy atom. The number of nitro groups is 1. The molecule has 0 aliphatic rings. The van der Waals surface area contributed by atoms with E-state index in [2.05, 4.69) is 4.98 Å². The molecule has 0 spiro atoms. The lowest BCUT2D eigenvalue weighted by molar-refractivity contribution is -0.384. The summed E-state index contributed by atoms with van der Waals surface area (Å²) in [7, 11) is 0. The standard InChI is InChI=1S/C10H6Cl2N2O2S/c11-4-10-13-8(5-17-10)6-1-2-7(12)9(3-6)14(15)16/h1-3,5H,4H2. The summed E-state index contributed by atoms with van der Waals surface area (Å²) in [4.78, 5) is 14.5. The number of thiazole rings is 1. The molecule has 0 aliphatic heterocycles. The van der Waals surface area contributed by atoms with E-state index in [1.165, 1.54) is 23.5 Å². The van der Waals surface area contributed by atoms with E-state index in [1.807, 2.05) is 5.38 Å². The molecule has 2 aromatic rings. The zero-order valence-electron chi connectivity index (χ0n) is 8.39. The first-order valence-corrected chi connectivity index (χ1v) is 6.35. The van der Waals surface area contributed by atoms with Gasteiger partial charge in [0.25, 0.3) is 5.69 Å². The van der Waals surface area contributed by atoms with Crippen LogP contribution in [0.15, 0.2) is 23.6 Å². The van der Waals surface area contributed by atoms with Gasteiger partial charge in [-0.05, 0) is 6.07 Å². The predicted molar refractivity (Wildman–Crippen MR) is 68.8 cm³/mol. The van der Waals surface area contributed by atoms with Gasteiger partial charge in [0.05, 0.1) is 16.5 Å². The topological polar surface area (TPSA) is 56.0 Å². The summed E-state index contributed by atoms with van der Waals surface area (Å²) < 4.78 is 0. The molecule has 0 atom stereocenters. The fourth-order valence-electron chi connectivity index (χ4n) is 1.32. The van der Waals surface area contributed by atoms with Gasteiger partial charge in [-0.15, -0.1) is 22.9 Å². The third-order valence-corrected chi connectivity index (χ3v) is 3.68. The second kappa shape index (κ2) is 5.00. The molecule has 0 unspecified atom stereocenters. The first-order chi connectivity index (χ1) is 8.11. The van der Waals surface area contributed by atoms with Crippen LogP contribution in [-0.2, 0) is 5.88 Å². The SMILES string of the molecule is O=[N+]([O-])c1cc(-c2csc(CCl)n2)ccc1Cl. The summed E-state index contributed by atoms with van der Waals surface area (Å²) in [5.74, 6) is 0.334. The molecule has 0 aliphatic carbocycles. The van der Waals surface area contributed by atoms with Crippen molar-refractivity contribution in [1.29, 1.82) is 0 Å². The molecule has 0 radical (unpaired) electrons. The third-order valence-electron chi connectivity index (χ3n) is 2.10. The summed E-state index contributed by atoms with van der Waals surface area (Å²) in [5.41, 5.74) is 1.21. The molecule has 0 amide bonds. The summed E-state index contributed by atoms with van der Waals surface area (Å²) in [6, 6.07) is 4.60. The van der Waals surface area contributed by atoms with Gasteiger partial charge in [-0.3, -0.25) is 10.1 Å². The van der Waals surface area contributed by atoms with Crippen LogP contribution in [0.25, 0.3) is 11.3 Å². The highest BCUT2D eigenvalue weighted by molar-refractivity contribution is 7.10. The number of nitro benzene ring substituents is 1. The van der Waals surface area contributed by atoms with Gasteiger partial charge in [0, 0.05) is 17.0 Å². The molecule has 1 aromatic carbocycles. The maximum Gasteiger partial charge on any atom is 0.288 e. The van der Waals surface area contributed by atoms with E-state index in [9.17, 15) is 10.1 Å². The Bertz CT molecular complexity index is 571. The van der Waals surface area contributed by atoms with Gasteiger partial charge in [0.2, 0.25) is 0 Å². The molecule has 2 rings (SSSR count). The van der Waals surface area contributed by atoms with Crippen molar-refractivity contribution in [2.75, 3.05) is 0 Å². The van der Waals surface area contributed by atoms with Crippen molar-refractivity contribution < 1.29 is 4.92 Å². The monoisotopic (exact) mass is 288 g/mol. The van der Waals surface area contributed by atoms with Crippen molar-refractivity contribution in [1.82, 2.24) is 4.98 Å². The Hall–Kier alpha value is -1.17. The summed E-state index contributed by atoms with van der Waals surface area (Å²) in [6.07, 6.45) is 0. The number of nitrogens with zero attached hydrogens (tertiary/aromatic N) is 2. The summed E-state index contributed by atoms with van der Waals surface area (Å²) in [5, 5.41) is 13.5. The van der Waals surface area contributed by atoms with Crippen LogP contribution >= 0.6 is 34.5 Å². The summed E-state index contributed by atoms with van der Waals surface area (Å²) in [6.45, 7) is 0. The average molecular weight is 289 g/mol. The van der Waals surface area contributed by atoms with Crippen molar-refractivity contribution in [2.24, 2.45) is 0 Å². The first-order valence-electron chi connectivity index (χ1n) is 4.56. The number of rotatable bonds is 3. The first kappa shape index (κ1) is 12.3. The van der Waals surface area contributed by atoms with Gasteiger partial charge >= 0.3 is 0 Å². The molecule has 0 saturated carbocycles. The second-order valence-electron chi connectivity index (χ2n) is 3.18. The van der Waals surface area contributed by atoms with Crippen molar-refractivity contribution in [2.45, 2.75) is 5.88 Å². The smallest absolute Gasteiger partial charge is 0.258 e. The average Bonchev–Trinajstić information content (AvgIpc) is 2.78. The molecule has 0 N–H and O–H groups in total. The Balaban J connectivity index is 2.46. The third kappa shape index (κ3) is 2.57. The zero-order chi connectivity index (χ0) is 12.4. The Morgan fingerprint density at radius 3 is 2.82 bits per heavy atom. The molecule has 0 fully saturated rings. The highest BCUT2D eigenvalue weighted by Gasteiger charge is 2.14. The maximum absolute atomic E-state index is 10.7. The lowest BCUT2D eigenvalue weighted by Crippen LogP contribution is -1.90. The molecule has 1 aromatic heterocycles. The van der Waals surface area contributed by atoms with E-state index in [0.717, 1.165) is 5.01 Å². The van der Waals surface area contributed by atoms with Crippen LogP contribution in [0.2, 0.25) is 5.02 Å². The highest BCUT2D eigenvalue weighted by Crippen LogP contribution is 2.30. The van der Waals surface area contributed by atoms with E-state index >= 15 is 0 Å². The van der Waals surface area contributed by atoms with Crippen LogP contribution in [0.3, 0.4) is 0 Å². The molecular weight excluding hydrogens is 283 g/mol.